The van der Waals surface area contributed by atoms with Gasteiger partial charge in [-0.2, -0.15) is 0 Å². The fourth-order valence-electron chi connectivity index (χ4n) is 3.71. The minimum atomic E-state index is -0.0803. The maximum atomic E-state index is 9.05. The SMILES string of the molecule is CC(C)(C)CC(C)(C)NC(C)(C)CC(C)(C)NCO. The fourth-order valence-corrected chi connectivity index (χ4v) is 3.71. The zero-order valence-electron chi connectivity index (χ0n) is 14.6. The number of nitrogens with one attached hydrogen (secondary N) is 2. The Kier molecular flexibility index (Phi) is 6.07. The highest BCUT2D eigenvalue weighted by atomic mass is 16.3. The van der Waals surface area contributed by atoms with Gasteiger partial charge in [-0.1, -0.05) is 20.8 Å². The minimum absolute atomic E-state index is 0.0143. The molecule has 0 rings (SSSR count). The molecule has 0 aliphatic rings. The van der Waals surface area contributed by atoms with Crippen LogP contribution >= 0.6 is 0 Å². The Hall–Kier alpha value is -0.120. The molecule has 0 heterocycles. The van der Waals surface area contributed by atoms with Gasteiger partial charge in [0, 0.05) is 16.6 Å². The quantitative estimate of drug-likeness (QED) is 0.623. The second-order valence-electron chi connectivity index (χ2n) is 9.03. The Morgan fingerprint density at radius 2 is 1.11 bits per heavy atom. The molecule has 0 bridgehead atoms. The molecule has 0 aromatic rings. The van der Waals surface area contributed by atoms with Crippen LogP contribution in [0.15, 0.2) is 0 Å². The average Bonchev–Trinajstić information content (AvgIpc) is 1.90. The summed E-state index contributed by atoms with van der Waals surface area (Å²) in [5.74, 6) is 0. The third kappa shape index (κ3) is 9.42. The third-order valence-corrected chi connectivity index (χ3v) is 3.09. The molecule has 0 aliphatic heterocycles. The second kappa shape index (κ2) is 6.11. The predicted octanol–water partition coefficient (Wildman–Crippen LogP) is 3.28. The van der Waals surface area contributed by atoms with Crippen LogP contribution in [0, 0.1) is 5.41 Å². The molecular weight excluding hydrogens is 236 g/mol. The molecule has 0 saturated carbocycles. The van der Waals surface area contributed by atoms with Crippen molar-refractivity contribution in [1.82, 2.24) is 10.6 Å². The fraction of sp³-hybridized carbons (Fsp3) is 1.00. The van der Waals surface area contributed by atoms with Gasteiger partial charge < -0.3 is 10.4 Å². The van der Waals surface area contributed by atoms with Crippen molar-refractivity contribution < 1.29 is 5.11 Å². The second-order valence-corrected chi connectivity index (χ2v) is 9.03. The van der Waals surface area contributed by atoms with E-state index >= 15 is 0 Å². The van der Waals surface area contributed by atoms with Crippen molar-refractivity contribution in [1.29, 1.82) is 0 Å². The lowest BCUT2D eigenvalue weighted by atomic mass is 9.79. The molecule has 0 aliphatic carbocycles. The van der Waals surface area contributed by atoms with E-state index in [-0.39, 0.29) is 23.3 Å². The molecule has 0 saturated heterocycles. The maximum Gasteiger partial charge on any atom is 0.0935 e. The highest BCUT2D eigenvalue weighted by Gasteiger charge is 2.34. The first kappa shape index (κ1) is 18.9. The standard InChI is InChI=1S/C16H36N2O/c1-13(2,3)10-15(6,7)18-16(8,9)11-14(4,5)17-12-19/h17-19H,10-12H2,1-9H3. The molecule has 19 heavy (non-hydrogen) atoms. The zero-order chi connectivity index (χ0) is 15.5. The van der Waals surface area contributed by atoms with Crippen molar-refractivity contribution in [2.75, 3.05) is 6.73 Å². The first-order valence-electron chi connectivity index (χ1n) is 7.33. The molecular formula is C16H36N2O. The largest absolute Gasteiger partial charge is 0.381 e. The Balaban J connectivity index is 4.67. The van der Waals surface area contributed by atoms with Crippen LogP contribution in [-0.2, 0) is 0 Å². The van der Waals surface area contributed by atoms with Crippen LogP contribution in [0.2, 0.25) is 0 Å². The van der Waals surface area contributed by atoms with Crippen molar-refractivity contribution in [2.45, 2.75) is 91.8 Å². The van der Waals surface area contributed by atoms with Gasteiger partial charge in [0.25, 0.3) is 0 Å². The summed E-state index contributed by atoms with van der Waals surface area (Å²) in [5, 5.41) is 16.0. The summed E-state index contributed by atoms with van der Waals surface area (Å²) in [6.45, 7) is 20.1. The number of aliphatic hydroxyl groups excluding tert-OH is 1. The normalized spacial score (nSPS) is 14.8. The summed E-state index contributed by atoms with van der Waals surface area (Å²) in [6.07, 6.45) is 2.07. The summed E-state index contributed by atoms with van der Waals surface area (Å²) in [5.41, 5.74) is 0.339. The Labute approximate surface area is 120 Å². The Bertz CT molecular complexity index is 275. The van der Waals surface area contributed by atoms with Gasteiger partial charge in [0.1, 0.15) is 0 Å². The molecule has 0 spiro atoms. The number of rotatable bonds is 7. The van der Waals surface area contributed by atoms with Gasteiger partial charge in [0.2, 0.25) is 0 Å². The molecule has 116 valence electrons. The van der Waals surface area contributed by atoms with Crippen molar-refractivity contribution in [3.63, 3.8) is 0 Å². The predicted molar refractivity (Wildman–Crippen MR) is 84.3 cm³/mol. The van der Waals surface area contributed by atoms with E-state index in [0.29, 0.717) is 5.41 Å². The first-order chi connectivity index (χ1) is 8.18. The van der Waals surface area contributed by atoms with Gasteiger partial charge in [0.15, 0.2) is 0 Å². The molecule has 0 unspecified atom stereocenters. The monoisotopic (exact) mass is 272 g/mol. The third-order valence-electron chi connectivity index (χ3n) is 3.09. The highest BCUT2D eigenvalue weighted by Crippen LogP contribution is 2.30. The molecule has 0 radical (unpaired) electrons. The van der Waals surface area contributed by atoms with Crippen LogP contribution in [0.1, 0.15) is 75.2 Å². The van der Waals surface area contributed by atoms with Gasteiger partial charge in [-0.15, -0.1) is 0 Å². The summed E-state index contributed by atoms with van der Waals surface area (Å²) in [4.78, 5) is 0. The van der Waals surface area contributed by atoms with Crippen LogP contribution in [-0.4, -0.2) is 28.5 Å². The minimum Gasteiger partial charge on any atom is -0.381 e. The highest BCUT2D eigenvalue weighted by molar-refractivity contribution is 4.95. The molecule has 0 fully saturated rings. The molecule has 3 N–H and O–H groups in total. The average molecular weight is 272 g/mol. The topological polar surface area (TPSA) is 44.3 Å². The van der Waals surface area contributed by atoms with Crippen LogP contribution in [0.25, 0.3) is 0 Å². The van der Waals surface area contributed by atoms with Crippen molar-refractivity contribution in [3.05, 3.63) is 0 Å². The van der Waals surface area contributed by atoms with E-state index in [4.69, 9.17) is 5.11 Å². The van der Waals surface area contributed by atoms with Gasteiger partial charge in [-0.3, -0.25) is 5.32 Å². The van der Waals surface area contributed by atoms with E-state index in [2.05, 4.69) is 72.9 Å². The summed E-state index contributed by atoms with van der Waals surface area (Å²) < 4.78 is 0. The smallest absolute Gasteiger partial charge is 0.0935 e. The van der Waals surface area contributed by atoms with E-state index in [0.717, 1.165) is 12.8 Å². The lowest BCUT2D eigenvalue weighted by molar-refractivity contribution is 0.141. The molecule has 0 aromatic heterocycles. The van der Waals surface area contributed by atoms with E-state index in [1.54, 1.807) is 0 Å². The summed E-state index contributed by atoms with van der Waals surface area (Å²) in [6, 6.07) is 0. The number of aliphatic hydroxyl groups is 1. The van der Waals surface area contributed by atoms with Crippen LogP contribution < -0.4 is 10.6 Å². The van der Waals surface area contributed by atoms with Crippen LogP contribution in [0.5, 0.6) is 0 Å². The van der Waals surface area contributed by atoms with E-state index in [1.165, 1.54) is 0 Å². The van der Waals surface area contributed by atoms with Crippen LogP contribution in [0.4, 0.5) is 0 Å². The van der Waals surface area contributed by atoms with Gasteiger partial charge in [0.05, 0.1) is 6.73 Å². The van der Waals surface area contributed by atoms with Gasteiger partial charge in [-0.05, 0) is 59.8 Å². The van der Waals surface area contributed by atoms with Crippen molar-refractivity contribution in [2.24, 2.45) is 5.41 Å². The summed E-state index contributed by atoms with van der Waals surface area (Å²) >= 11 is 0. The summed E-state index contributed by atoms with van der Waals surface area (Å²) in [7, 11) is 0. The molecule has 0 atom stereocenters. The number of hydrogen-bond donors (Lipinski definition) is 3. The first-order valence-corrected chi connectivity index (χ1v) is 7.33. The molecule has 0 aromatic carbocycles. The zero-order valence-corrected chi connectivity index (χ0v) is 14.6. The lowest BCUT2D eigenvalue weighted by Gasteiger charge is -2.44. The lowest BCUT2D eigenvalue weighted by Crippen LogP contribution is -2.57. The molecule has 3 heteroatoms. The molecule has 3 nitrogen and oxygen atoms in total. The van der Waals surface area contributed by atoms with Crippen LogP contribution in [0.3, 0.4) is 0 Å². The maximum absolute atomic E-state index is 9.05. The van der Waals surface area contributed by atoms with Gasteiger partial charge >= 0.3 is 0 Å². The number of hydrogen-bond acceptors (Lipinski definition) is 3. The molecule has 0 amide bonds. The van der Waals surface area contributed by atoms with E-state index < -0.39 is 0 Å². The van der Waals surface area contributed by atoms with Crippen molar-refractivity contribution in [3.8, 4) is 0 Å². The Morgan fingerprint density at radius 3 is 1.47 bits per heavy atom. The Morgan fingerprint density at radius 1 is 0.684 bits per heavy atom. The van der Waals surface area contributed by atoms with E-state index in [9.17, 15) is 0 Å². The van der Waals surface area contributed by atoms with Gasteiger partial charge in [-0.25, -0.2) is 0 Å². The van der Waals surface area contributed by atoms with E-state index in [1.807, 2.05) is 0 Å². The van der Waals surface area contributed by atoms with Crippen molar-refractivity contribution >= 4 is 0 Å².